The van der Waals surface area contributed by atoms with Crippen LogP contribution in [0.3, 0.4) is 0 Å². The highest BCUT2D eigenvalue weighted by atomic mass is 32.1. The van der Waals surface area contributed by atoms with Crippen LogP contribution in [0.4, 0.5) is 0 Å². The molecule has 0 radical (unpaired) electrons. The maximum absolute atomic E-state index is 12.0. The Bertz CT molecular complexity index is 524. The molecule has 0 saturated carbocycles. The number of unbranched alkanes of at least 4 members (excludes halogenated alkanes) is 1. The highest BCUT2D eigenvalue weighted by Gasteiger charge is 2.07. The summed E-state index contributed by atoms with van der Waals surface area (Å²) in [6, 6.07) is 5.93. The van der Waals surface area contributed by atoms with Gasteiger partial charge < -0.3 is 0 Å². The Morgan fingerprint density at radius 2 is 2.20 bits per heavy atom. The molecule has 0 atom stereocenters. The zero-order valence-corrected chi connectivity index (χ0v) is 9.93. The number of hydrogen-bond acceptors (Lipinski definition) is 2. The maximum atomic E-state index is 12.0. The second-order valence-electron chi connectivity index (χ2n) is 3.80. The van der Waals surface area contributed by atoms with Crippen LogP contribution in [0.5, 0.6) is 0 Å². The van der Waals surface area contributed by atoms with Crippen LogP contribution in [0.1, 0.15) is 25.3 Å². The van der Waals surface area contributed by atoms with Gasteiger partial charge in [-0.25, -0.2) is 0 Å². The predicted molar refractivity (Wildman–Crippen MR) is 65.7 cm³/mol. The molecule has 0 aliphatic rings. The van der Waals surface area contributed by atoms with E-state index in [9.17, 15) is 4.79 Å². The van der Waals surface area contributed by atoms with Crippen molar-refractivity contribution in [3.05, 3.63) is 34.1 Å². The first-order chi connectivity index (χ1) is 7.24. The first-order valence-corrected chi connectivity index (χ1v) is 6.11. The molecule has 0 bridgehead atoms. The van der Waals surface area contributed by atoms with E-state index in [1.807, 2.05) is 16.1 Å². The molecule has 0 aliphatic heterocycles. The van der Waals surface area contributed by atoms with Gasteiger partial charge in [0.1, 0.15) is 0 Å². The molecular formula is C12H15NOS. The molecule has 0 aliphatic carbocycles. The minimum absolute atomic E-state index is 0.173. The van der Waals surface area contributed by atoms with Gasteiger partial charge in [0.15, 0.2) is 0 Å². The van der Waals surface area contributed by atoms with Gasteiger partial charge >= 0.3 is 0 Å². The van der Waals surface area contributed by atoms with Gasteiger partial charge in [0.2, 0.25) is 0 Å². The summed E-state index contributed by atoms with van der Waals surface area (Å²) in [5.74, 6) is 0. The minimum atomic E-state index is 0.173. The topological polar surface area (TPSA) is 22.0 Å². The SMILES string of the molecule is CCCCn1sc2c(C)cccc2c1=O. The van der Waals surface area contributed by atoms with E-state index in [1.54, 1.807) is 11.5 Å². The van der Waals surface area contributed by atoms with Crippen molar-refractivity contribution in [2.24, 2.45) is 0 Å². The molecular weight excluding hydrogens is 206 g/mol. The van der Waals surface area contributed by atoms with Gasteiger partial charge in [-0.3, -0.25) is 8.75 Å². The van der Waals surface area contributed by atoms with Crippen LogP contribution in [0, 0.1) is 6.92 Å². The fourth-order valence-corrected chi connectivity index (χ4v) is 2.76. The summed E-state index contributed by atoms with van der Waals surface area (Å²) in [4.78, 5) is 12.0. The number of aromatic nitrogens is 1. The Morgan fingerprint density at radius 1 is 1.40 bits per heavy atom. The van der Waals surface area contributed by atoms with E-state index in [2.05, 4.69) is 19.9 Å². The number of benzene rings is 1. The van der Waals surface area contributed by atoms with E-state index < -0.39 is 0 Å². The van der Waals surface area contributed by atoms with Gasteiger partial charge in [-0.1, -0.05) is 37.0 Å². The highest BCUT2D eigenvalue weighted by molar-refractivity contribution is 7.14. The van der Waals surface area contributed by atoms with Crippen LogP contribution in [0.15, 0.2) is 23.0 Å². The minimum Gasteiger partial charge on any atom is -0.268 e. The van der Waals surface area contributed by atoms with Crippen LogP contribution in [-0.4, -0.2) is 3.96 Å². The second kappa shape index (κ2) is 4.19. The van der Waals surface area contributed by atoms with Gasteiger partial charge in [-0.05, 0) is 25.0 Å². The number of nitrogens with zero attached hydrogens (tertiary/aromatic N) is 1. The lowest BCUT2D eigenvalue weighted by atomic mass is 10.2. The first-order valence-electron chi connectivity index (χ1n) is 5.33. The molecule has 0 amide bonds. The highest BCUT2D eigenvalue weighted by Crippen LogP contribution is 2.20. The Labute approximate surface area is 93.3 Å². The number of hydrogen-bond donors (Lipinski definition) is 0. The third kappa shape index (κ3) is 1.84. The lowest BCUT2D eigenvalue weighted by Gasteiger charge is -1.95. The van der Waals surface area contributed by atoms with E-state index in [0.29, 0.717) is 0 Å². The van der Waals surface area contributed by atoms with E-state index >= 15 is 0 Å². The Hall–Kier alpha value is -1.09. The summed E-state index contributed by atoms with van der Waals surface area (Å²) >= 11 is 1.59. The summed E-state index contributed by atoms with van der Waals surface area (Å²) in [5.41, 5.74) is 1.37. The van der Waals surface area contributed by atoms with E-state index in [-0.39, 0.29) is 5.56 Å². The smallest absolute Gasteiger partial charge is 0.268 e. The quantitative estimate of drug-likeness (QED) is 0.780. The van der Waals surface area contributed by atoms with Gasteiger partial charge in [0.05, 0.1) is 10.1 Å². The van der Waals surface area contributed by atoms with Crippen molar-refractivity contribution in [1.82, 2.24) is 3.96 Å². The van der Waals surface area contributed by atoms with Gasteiger partial charge in [-0.2, -0.15) is 0 Å². The third-order valence-corrected chi connectivity index (χ3v) is 3.88. The molecule has 1 aromatic carbocycles. The fourth-order valence-electron chi connectivity index (χ4n) is 1.68. The van der Waals surface area contributed by atoms with Gasteiger partial charge in [0, 0.05) is 6.54 Å². The largest absolute Gasteiger partial charge is 0.268 e. The van der Waals surface area contributed by atoms with Crippen molar-refractivity contribution < 1.29 is 0 Å². The van der Waals surface area contributed by atoms with Crippen molar-refractivity contribution in [3.63, 3.8) is 0 Å². The molecule has 2 rings (SSSR count). The van der Waals surface area contributed by atoms with Gasteiger partial charge in [0.25, 0.3) is 5.56 Å². The van der Waals surface area contributed by atoms with Crippen LogP contribution in [0.2, 0.25) is 0 Å². The third-order valence-electron chi connectivity index (χ3n) is 2.59. The van der Waals surface area contributed by atoms with Crippen molar-refractivity contribution in [2.45, 2.75) is 33.2 Å². The summed E-state index contributed by atoms with van der Waals surface area (Å²) < 4.78 is 3.01. The maximum Gasteiger partial charge on any atom is 0.268 e. The number of fused-ring (bicyclic) bond motifs is 1. The molecule has 1 heterocycles. The Morgan fingerprint density at radius 3 is 2.87 bits per heavy atom. The molecule has 0 saturated heterocycles. The predicted octanol–water partition coefficient (Wildman–Crippen LogP) is 3.17. The first kappa shape index (κ1) is 10.4. The summed E-state index contributed by atoms with van der Waals surface area (Å²) in [5, 5.41) is 0.871. The lowest BCUT2D eigenvalue weighted by Crippen LogP contribution is -2.12. The van der Waals surface area contributed by atoms with E-state index in [4.69, 9.17) is 0 Å². The molecule has 0 unspecified atom stereocenters. The van der Waals surface area contributed by atoms with Crippen LogP contribution in [-0.2, 0) is 6.54 Å². The molecule has 15 heavy (non-hydrogen) atoms. The van der Waals surface area contributed by atoms with Crippen LogP contribution < -0.4 is 5.56 Å². The average Bonchev–Trinajstić information content (AvgIpc) is 2.55. The molecule has 0 fully saturated rings. The summed E-state index contributed by atoms with van der Waals surface area (Å²) in [6.45, 7) is 5.06. The lowest BCUT2D eigenvalue weighted by molar-refractivity contribution is 0.660. The number of aryl methyl sites for hydroxylation is 2. The Balaban J connectivity index is 2.54. The van der Waals surface area contributed by atoms with E-state index in [0.717, 1.165) is 29.5 Å². The zero-order valence-electron chi connectivity index (χ0n) is 9.12. The fraction of sp³-hybridized carbons (Fsp3) is 0.417. The normalized spacial score (nSPS) is 11.1. The van der Waals surface area contributed by atoms with Crippen LogP contribution >= 0.6 is 11.5 Å². The van der Waals surface area contributed by atoms with Crippen LogP contribution in [0.25, 0.3) is 10.1 Å². The van der Waals surface area contributed by atoms with Crippen molar-refractivity contribution in [1.29, 1.82) is 0 Å². The molecule has 80 valence electrons. The molecule has 2 aromatic rings. The monoisotopic (exact) mass is 221 g/mol. The van der Waals surface area contributed by atoms with Crippen molar-refractivity contribution >= 4 is 21.6 Å². The standard InChI is InChI=1S/C12H15NOS/c1-3-4-8-13-12(14)10-7-5-6-9(2)11(10)15-13/h5-7H,3-4,8H2,1-2H3. The molecule has 3 heteroatoms. The Kier molecular flexibility index (Phi) is 2.91. The van der Waals surface area contributed by atoms with Crippen molar-refractivity contribution in [2.75, 3.05) is 0 Å². The molecule has 0 spiro atoms. The molecule has 0 N–H and O–H groups in total. The molecule has 1 aromatic heterocycles. The zero-order chi connectivity index (χ0) is 10.8. The number of rotatable bonds is 3. The molecule has 2 nitrogen and oxygen atoms in total. The summed E-state index contributed by atoms with van der Waals surface area (Å²) in [7, 11) is 0. The van der Waals surface area contributed by atoms with Crippen molar-refractivity contribution in [3.8, 4) is 0 Å². The van der Waals surface area contributed by atoms with E-state index in [1.165, 1.54) is 5.56 Å². The summed E-state index contributed by atoms with van der Waals surface area (Å²) in [6.07, 6.45) is 2.20. The average molecular weight is 221 g/mol. The van der Waals surface area contributed by atoms with Gasteiger partial charge in [-0.15, -0.1) is 0 Å². The second-order valence-corrected chi connectivity index (χ2v) is 4.84.